The molecule has 0 aliphatic carbocycles. The van der Waals surface area contributed by atoms with Gasteiger partial charge in [-0.3, -0.25) is 4.55 Å². The Morgan fingerprint density at radius 3 is 2.03 bits per heavy atom. The molecule has 0 aliphatic rings. The number of hydrogen-bond donors (Lipinski definition) is 1. The zero-order chi connectivity index (χ0) is 21.8. The molecule has 7 heteroatoms. The first kappa shape index (κ1) is 28.0. The molecule has 0 aromatic heterocycles. The van der Waals surface area contributed by atoms with E-state index in [-0.39, 0.29) is 35.3 Å². The third kappa shape index (κ3) is 9.96. The molecule has 2 aromatic carbocycles. The summed E-state index contributed by atoms with van der Waals surface area (Å²) >= 11 is 0. The SMILES string of the molecule is CCCCCCCCCCCCc1ccccc1Oc1c([O-])cccc1S(=O)(=O)O.[Na+]. The van der Waals surface area contributed by atoms with Gasteiger partial charge < -0.3 is 9.84 Å². The average Bonchev–Trinajstić information content (AvgIpc) is 2.71. The monoisotopic (exact) mass is 456 g/mol. The van der Waals surface area contributed by atoms with E-state index >= 15 is 0 Å². The summed E-state index contributed by atoms with van der Waals surface area (Å²) in [5, 5.41) is 12.1. The Balaban J connectivity index is 0.00000480. The fourth-order valence-corrected chi connectivity index (χ4v) is 4.15. The molecule has 0 unspecified atom stereocenters. The zero-order valence-corrected chi connectivity index (χ0v) is 21.6. The van der Waals surface area contributed by atoms with Crippen LogP contribution in [0.3, 0.4) is 0 Å². The summed E-state index contributed by atoms with van der Waals surface area (Å²) in [4.78, 5) is -0.510. The third-order valence-corrected chi connectivity index (χ3v) is 6.08. The van der Waals surface area contributed by atoms with Gasteiger partial charge in [0.25, 0.3) is 10.1 Å². The molecule has 0 heterocycles. The molecule has 2 rings (SSSR count). The van der Waals surface area contributed by atoms with E-state index in [0.717, 1.165) is 30.9 Å². The average molecular weight is 457 g/mol. The van der Waals surface area contributed by atoms with E-state index < -0.39 is 20.8 Å². The van der Waals surface area contributed by atoms with Crippen LogP contribution in [-0.4, -0.2) is 13.0 Å². The van der Waals surface area contributed by atoms with Crippen LogP contribution in [0.1, 0.15) is 76.7 Å². The first-order chi connectivity index (χ1) is 14.4. The predicted molar refractivity (Wildman–Crippen MR) is 118 cm³/mol. The predicted octanol–water partition coefficient (Wildman–Crippen LogP) is 3.27. The van der Waals surface area contributed by atoms with Crippen LogP contribution in [0.2, 0.25) is 0 Å². The van der Waals surface area contributed by atoms with Gasteiger partial charge in [-0.25, -0.2) is 0 Å². The van der Waals surface area contributed by atoms with Gasteiger partial charge in [0.1, 0.15) is 16.4 Å². The maximum absolute atomic E-state index is 12.1. The van der Waals surface area contributed by atoms with Crippen LogP contribution in [-0.2, 0) is 16.5 Å². The molecule has 0 spiro atoms. The fourth-order valence-electron chi connectivity index (χ4n) is 3.52. The Bertz CT molecular complexity index is 883. The van der Waals surface area contributed by atoms with Crippen LogP contribution in [0.4, 0.5) is 0 Å². The van der Waals surface area contributed by atoms with Crippen molar-refractivity contribution in [1.29, 1.82) is 0 Å². The second-order valence-electron chi connectivity index (χ2n) is 7.70. The van der Waals surface area contributed by atoms with Gasteiger partial charge in [-0.05, 0) is 30.5 Å². The Hall–Kier alpha value is -1.05. The van der Waals surface area contributed by atoms with Crippen molar-refractivity contribution in [2.75, 3.05) is 0 Å². The molecule has 31 heavy (non-hydrogen) atoms. The summed E-state index contributed by atoms with van der Waals surface area (Å²) in [5.41, 5.74) is 0.918. The minimum atomic E-state index is -4.55. The third-order valence-electron chi connectivity index (χ3n) is 5.20. The van der Waals surface area contributed by atoms with Gasteiger partial charge in [0.2, 0.25) is 0 Å². The maximum atomic E-state index is 12.1. The van der Waals surface area contributed by atoms with Gasteiger partial charge in [0.15, 0.2) is 0 Å². The molecule has 5 nitrogen and oxygen atoms in total. The van der Waals surface area contributed by atoms with Crippen molar-refractivity contribution in [3.63, 3.8) is 0 Å². The number of benzene rings is 2. The minimum absolute atomic E-state index is 0. The zero-order valence-electron chi connectivity index (χ0n) is 18.8. The maximum Gasteiger partial charge on any atom is 1.00 e. The van der Waals surface area contributed by atoms with Gasteiger partial charge in [-0.1, -0.05) is 101 Å². The van der Waals surface area contributed by atoms with Crippen LogP contribution >= 0.6 is 0 Å². The second kappa shape index (κ2) is 14.9. The van der Waals surface area contributed by atoms with Crippen LogP contribution in [0.25, 0.3) is 0 Å². The molecule has 2 aromatic rings. The van der Waals surface area contributed by atoms with Gasteiger partial charge >= 0.3 is 29.6 Å². The number of para-hydroxylation sites is 2. The molecule has 0 fully saturated rings. The molecule has 0 radical (unpaired) electrons. The summed E-state index contributed by atoms with van der Waals surface area (Å²) in [6, 6.07) is 11.0. The minimum Gasteiger partial charge on any atom is -0.870 e. The van der Waals surface area contributed by atoms with E-state index in [0.29, 0.717) is 5.75 Å². The number of rotatable bonds is 14. The topological polar surface area (TPSA) is 86.7 Å². The summed E-state index contributed by atoms with van der Waals surface area (Å²) < 4.78 is 38.3. The van der Waals surface area contributed by atoms with Gasteiger partial charge in [-0.2, -0.15) is 8.42 Å². The number of unbranched alkanes of at least 4 members (excludes halogenated alkanes) is 9. The fraction of sp³-hybridized carbons (Fsp3) is 0.500. The van der Waals surface area contributed by atoms with E-state index in [1.807, 2.05) is 12.1 Å². The molecule has 0 aliphatic heterocycles. The van der Waals surface area contributed by atoms with Gasteiger partial charge in [0.05, 0.1) is 0 Å². The van der Waals surface area contributed by atoms with E-state index in [4.69, 9.17) is 4.74 Å². The molecule has 166 valence electrons. The number of aryl methyl sites for hydroxylation is 1. The molecular weight excluding hydrogens is 423 g/mol. The van der Waals surface area contributed by atoms with E-state index in [9.17, 15) is 18.1 Å². The van der Waals surface area contributed by atoms with Crippen molar-refractivity contribution < 1.29 is 52.4 Å². The molecule has 0 saturated carbocycles. The van der Waals surface area contributed by atoms with Crippen molar-refractivity contribution in [1.82, 2.24) is 0 Å². The summed E-state index contributed by atoms with van der Waals surface area (Å²) in [5.74, 6) is -0.504. The summed E-state index contributed by atoms with van der Waals surface area (Å²) in [7, 11) is -4.55. The Labute approximate surface area is 209 Å². The normalized spacial score (nSPS) is 11.2. The number of hydrogen-bond acceptors (Lipinski definition) is 4. The van der Waals surface area contributed by atoms with Crippen molar-refractivity contribution >= 4 is 10.1 Å². The number of ether oxygens (including phenoxy) is 1. The molecule has 0 saturated heterocycles. The van der Waals surface area contributed by atoms with Crippen molar-refractivity contribution in [2.45, 2.75) is 82.4 Å². The van der Waals surface area contributed by atoms with Crippen molar-refractivity contribution in [2.24, 2.45) is 0 Å². The van der Waals surface area contributed by atoms with Gasteiger partial charge in [-0.15, -0.1) is 0 Å². The molecule has 0 bridgehead atoms. The van der Waals surface area contributed by atoms with E-state index in [1.54, 1.807) is 12.1 Å². The molecule has 1 N–H and O–H groups in total. The Kier molecular flexibility index (Phi) is 13.5. The van der Waals surface area contributed by atoms with Crippen LogP contribution in [0.15, 0.2) is 47.4 Å². The standard InChI is InChI=1S/C24H34O5S.Na/c1-2-3-4-5-6-7-8-9-10-11-15-20-16-12-13-18-22(20)29-24-21(25)17-14-19-23(24)30(26,27)28;/h12-14,16-19,25H,2-11,15H2,1H3,(H,26,27,28);/q;+1/p-1. The smallest absolute Gasteiger partial charge is 0.870 e. The first-order valence-corrected chi connectivity index (χ1v) is 12.4. The van der Waals surface area contributed by atoms with E-state index in [1.165, 1.54) is 63.5 Å². The Morgan fingerprint density at radius 2 is 1.42 bits per heavy atom. The molecule has 0 atom stereocenters. The summed E-state index contributed by atoms with van der Waals surface area (Å²) in [6.07, 6.45) is 13.3. The van der Waals surface area contributed by atoms with Crippen molar-refractivity contribution in [3.05, 3.63) is 48.0 Å². The first-order valence-electron chi connectivity index (χ1n) is 11.0. The van der Waals surface area contributed by atoms with Crippen LogP contribution < -0.4 is 39.4 Å². The molecule has 0 amide bonds. The summed E-state index contributed by atoms with van der Waals surface area (Å²) in [6.45, 7) is 2.23. The Morgan fingerprint density at radius 1 is 0.839 bits per heavy atom. The van der Waals surface area contributed by atoms with Gasteiger partial charge in [0, 0.05) is 0 Å². The molecular formula is C24H33NaO5S. The van der Waals surface area contributed by atoms with Crippen LogP contribution in [0.5, 0.6) is 17.2 Å². The quantitative estimate of drug-likeness (QED) is 0.268. The van der Waals surface area contributed by atoms with Crippen LogP contribution in [0, 0.1) is 0 Å². The van der Waals surface area contributed by atoms with E-state index in [2.05, 4.69) is 6.92 Å². The van der Waals surface area contributed by atoms with Crippen molar-refractivity contribution in [3.8, 4) is 17.2 Å². The second-order valence-corrected chi connectivity index (χ2v) is 9.09. The largest absolute Gasteiger partial charge is 1.00 e.